The molecule has 0 radical (unpaired) electrons. The van der Waals surface area contributed by atoms with E-state index in [2.05, 4.69) is 0 Å². The molecule has 3 N–H and O–H groups in total. The van der Waals surface area contributed by atoms with E-state index in [4.69, 9.17) is 5.73 Å². The smallest absolute Gasteiger partial charge is 0.222 e. The quantitative estimate of drug-likeness (QED) is 0.776. The van der Waals surface area contributed by atoms with Crippen molar-refractivity contribution in [3.63, 3.8) is 0 Å². The fourth-order valence-electron chi connectivity index (χ4n) is 2.22. The highest BCUT2D eigenvalue weighted by Gasteiger charge is 2.25. The highest BCUT2D eigenvalue weighted by atomic mass is 16.3. The summed E-state index contributed by atoms with van der Waals surface area (Å²) in [5.41, 5.74) is 5.60. The number of aliphatic hydroxyl groups is 1. The second kappa shape index (κ2) is 5.83. The van der Waals surface area contributed by atoms with Crippen molar-refractivity contribution in [1.29, 1.82) is 0 Å². The number of nitrogens with zero attached hydrogens (tertiary/aromatic N) is 1. The number of nitrogens with two attached hydrogens (primary N) is 1. The second-order valence-electron chi connectivity index (χ2n) is 5.95. The molecule has 1 unspecified atom stereocenters. The van der Waals surface area contributed by atoms with Crippen LogP contribution in [0, 0.1) is 5.92 Å². The minimum atomic E-state index is -0.270. The number of amides is 1. The van der Waals surface area contributed by atoms with Gasteiger partial charge in [0.05, 0.1) is 6.10 Å². The van der Waals surface area contributed by atoms with Crippen molar-refractivity contribution >= 4 is 5.91 Å². The molecule has 0 bridgehead atoms. The molecule has 1 atom stereocenters. The Balaban J connectivity index is 2.31. The summed E-state index contributed by atoms with van der Waals surface area (Å²) in [7, 11) is 0. The maximum Gasteiger partial charge on any atom is 0.222 e. The summed E-state index contributed by atoms with van der Waals surface area (Å²) in [4.78, 5) is 13.8. The van der Waals surface area contributed by atoms with E-state index < -0.39 is 0 Å². The van der Waals surface area contributed by atoms with Crippen LogP contribution in [0.1, 0.15) is 46.5 Å². The molecule has 0 aromatic rings. The standard InChI is InChI=1S/C13H26N2O2/c1-10(16)11-5-8-15(9-6-11)12(17)4-7-13(2,3)14/h10-11,16H,4-9,14H2,1-3H3. The number of rotatable bonds is 4. The lowest BCUT2D eigenvalue weighted by atomic mass is 9.91. The number of carbonyl (C=O) groups excluding carboxylic acids is 1. The molecular weight excluding hydrogens is 216 g/mol. The van der Waals surface area contributed by atoms with Crippen LogP contribution in [0.2, 0.25) is 0 Å². The zero-order valence-corrected chi connectivity index (χ0v) is 11.3. The van der Waals surface area contributed by atoms with Gasteiger partial charge >= 0.3 is 0 Å². The number of hydrogen-bond acceptors (Lipinski definition) is 3. The van der Waals surface area contributed by atoms with Gasteiger partial charge in [-0.1, -0.05) is 0 Å². The van der Waals surface area contributed by atoms with Crippen LogP contribution in [0.5, 0.6) is 0 Å². The zero-order valence-electron chi connectivity index (χ0n) is 11.3. The van der Waals surface area contributed by atoms with Gasteiger partial charge in [0, 0.05) is 25.0 Å². The number of aliphatic hydroxyl groups excluding tert-OH is 1. The zero-order chi connectivity index (χ0) is 13.1. The second-order valence-corrected chi connectivity index (χ2v) is 5.95. The van der Waals surface area contributed by atoms with E-state index >= 15 is 0 Å². The molecule has 1 heterocycles. The minimum Gasteiger partial charge on any atom is -0.393 e. The minimum absolute atomic E-state index is 0.201. The SMILES string of the molecule is CC(O)C1CCN(C(=O)CCC(C)(C)N)CC1. The van der Waals surface area contributed by atoms with Gasteiger partial charge in [0.25, 0.3) is 0 Å². The predicted octanol–water partition coefficient (Wildman–Crippen LogP) is 1.12. The normalized spacial score (nSPS) is 20.4. The Kier molecular flexibility index (Phi) is 4.95. The summed E-state index contributed by atoms with van der Waals surface area (Å²) in [6.45, 7) is 7.28. The van der Waals surface area contributed by atoms with Crippen molar-refractivity contribution in [2.24, 2.45) is 11.7 Å². The van der Waals surface area contributed by atoms with Crippen LogP contribution in [-0.4, -0.2) is 40.6 Å². The molecule has 0 aromatic heterocycles. The van der Waals surface area contributed by atoms with Crippen LogP contribution in [0.15, 0.2) is 0 Å². The Morgan fingerprint density at radius 1 is 1.47 bits per heavy atom. The van der Waals surface area contributed by atoms with Gasteiger partial charge in [0.2, 0.25) is 5.91 Å². The van der Waals surface area contributed by atoms with Crippen LogP contribution in [0.4, 0.5) is 0 Å². The van der Waals surface area contributed by atoms with Crippen molar-refractivity contribution in [2.75, 3.05) is 13.1 Å². The highest BCUT2D eigenvalue weighted by Crippen LogP contribution is 2.21. The van der Waals surface area contributed by atoms with Gasteiger partial charge in [-0.2, -0.15) is 0 Å². The van der Waals surface area contributed by atoms with Gasteiger partial charge in [-0.05, 0) is 46.0 Å². The average Bonchev–Trinajstić information content (AvgIpc) is 2.25. The molecule has 4 nitrogen and oxygen atoms in total. The van der Waals surface area contributed by atoms with E-state index in [1.54, 1.807) is 0 Å². The fourth-order valence-corrected chi connectivity index (χ4v) is 2.22. The van der Waals surface area contributed by atoms with E-state index in [1.165, 1.54) is 0 Å². The van der Waals surface area contributed by atoms with E-state index in [0.717, 1.165) is 32.4 Å². The van der Waals surface area contributed by atoms with Crippen molar-refractivity contribution in [3.05, 3.63) is 0 Å². The van der Waals surface area contributed by atoms with E-state index in [-0.39, 0.29) is 17.6 Å². The summed E-state index contributed by atoms with van der Waals surface area (Å²) in [6.07, 6.45) is 2.82. The molecule has 1 aliphatic heterocycles. The largest absolute Gasteiger partial charge is 0.393 e. The van der Waals surface area contributed by atoms with Crippen molar-refractivity contribution < 1.29 is 9.90 Å². The van der Waals surface area contributed by atoms with Gasteiger partial charge in [-0.15, -0.1) is 0 Å². The summed E-state index contributed by atoms with van der Waals surface area (Å²) in [5, 5.41) is 9.49. The Bertz CT molecular complexity index is 251. The first-order chi connectivity index (χ1) is 7.79. The molecule has 1 aliphatic rings. The van der Waals surface area contributed by atoms with E-state index in [1.807, 2.05) is 25.7 Å². The first kappa shape index (κ1) is 14.5. The Hall–Kier alpha value is -0.610. The molecule has 0 aromatic carbocycles. The van der Waals surface area contributed by atoms with Crippen molar-refractivity contribution in [3.8, 4) is 0 Å². The predicted molar refractivity (Wildman–Crippen MR) is 68.5 cm³/mol. The lowest BCUT2D eigenvalue weighted by Gasteiger charge is -2.33. The molecule has 100 valence electrons. The van der Waals surface area contributed by atoms with Crippen LogP contribution >= 0.6 is 0 Å². The molecule has 0 spiro atoms. The van der Waals surface area contributed by atoms with Crippen LogP contribution in [0.3, 0.4) is 0 Å². The summed E-state index contributed by atoms with van der Waals surface area (Å²) in [6, 6.07) is 0. The lowest BCUT2D eigenvalue weighted by molar-refractivity contribution is -0.133. The molecule has 0 saturated carbocycles. The number of likely N-dealkylation sites (tertiary alicyclic amines) is 1. The maximum absolute atomic E-state index is 11.9. The first-order valence-corrected chi connectivity index (χ1v) is 6.54. The maximum atomic E-state index is 11.9. The van der Waals surface area contributed by atoms with Crippen molar-refractivity contribution in [1.82, 2.24) is 4.90 Å². The Labute approximate surface area is 104 Å². The third-order valence-corrected chi connectivity index (χ3v) is 3.56. The van der Waals surface area contributed by atoms with Gasteiger partial charge in [-0.25, -0.2) is 0 Å². The molecule has 1 rings (SSSR count). The highest BCUT2D eigenvalue weighted by molar-refractivity contribution is 5.76. The number of piperidine rings is 1. The molecule has 4 heteroatoms. The third kappa shape index (κ3) is 5.04. The summed E-state index contributed by atoms with van der Waals surface area (Å²) >= 11 is 0. The fraction of sp³-hybridized carbons (Fsp3) is 0.923. The van der Waals surface area contributed by atoms with Crippen molar-refractivity contribution in [2.45, 2.75) is 58.1 Å². The molecule has 1 saturated heterocycles. The van der Waals surface area contributed by atoms with Crippen LogP contribution in [-0.2, 0) is 4.79 Å². The van der Waals surface area contributed by atoms with Crippen LogP contribution in [0.25, 0.3) is 0 Å². The molecule has 17 heavy (non-hydrogen) atoms. The topological polar surface area (TPSA) is 66.6 Å². The molecule has 1 fully saturated rings. The van der Waals surface area contributed by atoms with Crippen LogP contribution < -0.4 is 5.73 Å². The Morgan fingerprint density at radius 2 is 2.00 bits per heavy atom. The van der Waals surface area contributed by atoms with E-state index in [9.17, 15) is 9.90 Å². The number of hydrogen-bond donors (Lipinski definition) is 2. The lowest BCUT2D eigenvalue weighted by Crippen LogP contribution is -2.42. The molecule has 0 aliphatic carbocycles. The first-order valence-electron chi connectivity index (χ1n) is 6.54. The average molecular weight is 242 g/mol. The van der Waals surface area contributed by atoms with Gasteiger partial charge < -0.3 is 15.7 Å². The molecule has 1 amide bonds. The summed E-state index contributed by atoms with van der Waals surface area (Å²) < 4.78 is 0. The van der Waals surface area contributed by atoms with Gasteiger partial charge in [0.1, 0.15) is 0 Å². The van der Waals surface area contributed by atoms with E-state index in [0.29, 0.717) is 12.3 Å². The van der Waals surface area contributed by atoms with Gasteiger partial charge in [0.15, 0.2) is 0 Å². The molecular formula is C13H26N2O2. The number of carbonyl (C=O) groups is 1. The van der Waals surface area contributed by atoms with Gasteiger partial charge in [-0.3, -0.25) is 4.79 Å². The monoisotopic (exact) mass is 242 g/mol. The summed E-state index contributed by atoms with van der Waals surface area (Å²) in [5.74, 6) is 0.553. The third-order valence-electron chi connectivity index (χ3n) is 3.56. The Morgan fingerprint density at radius 3 is 2.41 bits per heavy atom.